The highest BCUT2D eigenvalue weighted by Gasteiger charge is 2.17. The van der Waals surface area contributed by atoms with Crippen molar-refractivity contribution in [3.8, 4) is 0 Å². The Labute approximate surface area is 157 Å². The number of aromatic nitrogens is 1. The van der Waals surface area contributed by atoms with E-state index in [0.29, 0.717) is 17.7 Å². The van der Waals surface area contributed by atoms with Crippen LogP contribution < -0.4 is 10.5 Å². The highest BCUT2D eigenvalue weighted by atomic mass is 19.1. The molecule has 0 atom stereocenters. The number of nitrogens with zero attached hydrogens (tertiary/aromatic N) is 2. The van der Waals surface area contributed by atoms with E-state index >= 15 is 0 Å². The fourth-order valence-corrected chi connectivity index (χ4v) is 3.01. The molecule has 0 saturated heterocycles. The Kier molecular flexibility index (Phi) is 5.50. The van der Waals surface area contributed by atoms with Gasteiger partial charge in [0.25, 0.3) is 11.5 Å². The van der Waals surface area contributed by atoms with Gasteiger partial charge in [0.1, 0.15) is 5.82 Å². The molecule has 138 valence electrons. The van der Waals surface area contributed by atoms with Crippen LogP contribution in [0, 0.1) is 12.7 Å². The van der Waals surface area contributed by atoms with Gasteiger partial charge in [-0.15, -0.1) is 0 Å². The van der Waals surface area contributed by atoms with E-state index in [2.05, 4.69) is 0 Å². The van der Waals surface area contributed by atoms with Crippen LogP contribution in [-0.2, 0) is 6.54 Å². The maximum Gasteiger partial charge on any atom is 0.259 e. The standard InChI is InChI=1S/C22H21FN2O2/c1-3-25(20-9-4-6-16(2)12-20)22(27)18-10-11-21(26)24(15-18)14-17-7-5-8-19(23)13-17/h4-13,15H,3,14H2,1-2H3. The predicted molar refractivity (Wildman–Crippen MR) is 105 cm³/mol. The summed E-state index contributed by atoms with van der Waals surface area (Å²) in [5.41, 5.74) is 2.71. The van der Waals surface area contributed by atoms with Gasteiger partial charge in [-0.2, -0.15) is 0 Å². The van der Waals surface area contributed by atoms with Crippen molar-refractivity contribution >= 4 is 11.6 Å². The van der Waals surface area contributed by atoms with Crippen LogP contribution in [0.4, 0.5) is 10.1 Å². The van der Waals surface area contributed by atoms with E-state index in [1.165, 1.54) is 35.0 Å². The first-order valence-electron chi connectivity index (χ1n) is 8.81. The maximum atomic E-state index is 13.4. The van der Waals surface area contributed by atoms with Crippen LogP contribution in [-0.4, -0.2) is 17.0 Å². The number of benzene rings is 2. The second-order valence-electron chi connectivity index (χ2n) is 6.40. The summed E-state index contributed by atoms with van der Waals surface area (Å²) >= 11 is 0. The second kappa shape index (κ2) is 7.99. The van der Waals surface area contributed by atoms with E-state index < -0.39 is 0 Å². The van der Waals surface area contributed by atoms with Crippen LogP contribution in [0.25, 0.3) is 0 Å². The zero-order chi connectivity index (χ0) is 19.4. The van der Waals surface area contributed by atoms with Crippen LogP contribution >= 0.6 is 0 Å². The first-order chi connectivity index (χ1) is 13.0. The molecule has 2 aromatic carbocycles. The third kappa shape index (κ3) is 4.31. The molecule has 27 heavy (non-hydrogen) atoms. The molecule has 0 unspecified atom stereocenters. The number of carbonyl (C=O) groups excluding carboxylic acids is 1. The minimum Gasteiger partial charge on any atom is -0.310 e. The summed E-state index contributed by atoms with van der Waals surface area (Å²) in [7, 11) is 0. The zero-order valence-corrected chi connectivity index (χ0v) is 15.4. The molecule has 1 amide bonds. The number of hydrogen-bond donors (Lipinski definition) is 0. The fraction of sp³-hybridized carbons (Fsp3) is 0.182. The van der Waals surface area contributed by atoms with Crippen LogP contribution in [0.3, 0.4) is 0 Å². The van der Waals surface area contributed by atoms with Crippen molar-refractivity contribution in [2.75, 3.05) is 11.4 Å². The first-order valence-corrected chi connectivity index (χ1v) is 8.81. The molecule has 1 aromatic heterocycles. The van der Waals surface area contributed by atoms with Gasteiger partial charge in [-0.05, 0) is 55.3 Å². The molecule has 0 radical (unpaired) electrons. The Balaban J connectivity index is 1.92. The van der Waals surface area contributed by atoms with Crippen LogP contribution in [0.1, 0.15) is 28.4 Å². The molecule has 1 heterocycles. The normalized spacial score (nSPS) is 10.6. The number of aryl methyl sites for hydroxylation is 1. The Morgan fingerprint density at radius 2 is 1.85 bits per heavy atom. The minimum atomic E-state index is -0.357. The molecule has 3 rings (SSSR count). The molecule has 3 aromatic rings. The molecule has 0 N–H and O–H groups in total. The van der Waals surface area contributed by atoms with E-state index in [-0.39, 0.29) is 23.8 Å². The van der Waals surface area contributed by atoms with Gasteiger partial charge in [-0.25, -0.2) is 4.39 Å². The summed E-state index contributed by atoms with van der Waals surface area (Å²) in [4.78, 5) is 26.9. The smallest absolute Gasteiger partial charge is 0.259 e. The monoisotopic (exact) mass is 364 g/mol. The molecule has 0 aliphatic heterocycles. The lowest BCUT2D eigenvalue weighted by molar-refractivity contribution is 0.0987. The number of halogens is 1. The Hall–Kier alpha value is -3.21. The second-order valence-corrected chi connectivity index (χ2v) is 6.40. The summed E-state index contributed by atoms with van der Waals surface area (Å²) in [5, 5.41) is 0. The SMILES string of the molecule is CCN(C(=O)c1ccc(=O)n(Cc2cccc(F)c2)c1)c1cccc(C)c1. The highest BCUT2D eigenvalue weighted by Crippen LogP contribution is 2.18. The van der Waals surface area contributed by atoms with Gasteiger partial charge in [0.15, 0.2) is 0 Å². The van der Waals surface area contributed by atoms with Crippen molar-refractivity contribution in [2.45, 2.75) is 20.4 Å². The Morgan fingerprint density at radius 3 is 2.56 bits per heavy atom. The number of anilines is 1. The lowest BCUT2D eigenvalue weighted by atomic mass is 10.1. The average Bonchev–Trinajstić information content (AvgIpc) is 2.64. The number of carbonyl (C=O) groups is 1. The molecule has 0 aliphatic rings. The summed E-state index contributed by atoms with van der Waals surface area (Å²) in [6.45, 7) is 4.59. The van der Waals surface area contributed by atoms with Crippen molar-refractivity contribution in [3.05, 3.63) is 99.7 Å². The van der Waals surface area contributed by atoms with E-state index in [4.69, 9.17) is 0 Å². The molecule has 0 aliphatic carbocycles. The molecule has 4 nitrogen and oxygen atoms in total. The molecule has 0 spiro atoms. The predicted octanol–water partition coefficient (Wildman–Crippen LogP) is 4.01. The molecule has 0 bridgehead atoms. The number of rotatable bonds is 5. The van der Waals surface area contributed by atoms with E-state index in [9.17, 15) is 14.0 Å². The summed E-state index contributed by atoms with van der Waals surface area (Å²) < 4.78 is 14.8. The maximum absolute atomic E-state index is 13.4. The van der Waals surface area contributed by atoms with Crippen molar-refractivity contribution < 1.29 is 9.18 Å². The average molecular weight is 364 g/mol. The molecular weight excluding hydrogens is 343 g/mol. The largest absolute Gasteiger partial charge is 0.310 e. The van der Waals surface area contributed by atoms with Crippen molar-refractivity contribution in [1.29, 1.82) is 0 Å². The van der Waals surface area contributed by atoms with Crippen molar-refractivity contribution in [3.63, 3.8) is 0 Å². The lowest BCUT2D eigenvalue weighted by Crippen LogP contribution is -2.32. The van der Waals surface area contributed by atoms with E-state index in [1.54, 1.807) is 17.0 Å². The summed E-state index contributed by atoms with van der Waals surface area (Å²) in [6, 6.07) is 16.7. The van der Waals surface area contributed by atoms with E-state index in [1.807, 2.05) is 38.1 Å². The molecule has 5 heteroatoms. The first kappa shape index (κ1) is 18.6. The molecule has 0 saturated carbocycles. The third-order valence-electron chi connectivity index (χ3n) is 4.35. The number of pyridine rings is 1. The van der Waals surface area contributed by atoms with Gasteiger partial charge < -0.3 is 9.47 Å². The van der Waals surface area contributed by atoms with Crippen molar-refractivity contribution in [1.82, 2.24) is 4.57 Å². The highest BCUT2D eigenvalue weighted by molar-refractivity contribution is 6.05. The minimum absolute atomic E-state index is 0.184. The number of amides is 1. The van der Waals surface area contributed by atoms with Crippen LogP contribution in [0.15, 0.2) is 71.7 Å². The van der Waals surface area contributed by atoms with Gasteiger partial charge in [-0.3, -0.25) is 9.59 Å². The summed E-state index contributed by atoms with van der Waals surface area (Å²) in [5.74, 6) is -0.541. The molecular formula is C22H21FN2O2. The fourth-order valence-electron chi connectivity index (χ4n) is 3.01. The Morgan fingerprint density at radius 1 is 1.07 bits per heavy atom. The number of hydrogen-bond acceptors (Lipinski definition) is 2. The summed E-state index contributed by atoms with van der Waals surface area (Å²) in [6.07, 6.45) is 1.54. The van der Waals surface area contributed by atoms with Gasteiger partial charge in [0.2, 0.25) is 0 Å². The van der Waals surface area contributed by atoms with Crippen LogP contribution in [0.5, 0.6) is 0 Å². The quantitative estimate of drug-likeness (QED) is 0.686. The van der Waals surface area contributed by atoms with Crippen LogP contribution in [0.2, 0.25) is 0 Å². The lowest BCUT2D eigenvalue weighted by Gasteiger charge is -2.22. The van der Waals surface area contributed by atoms with Gasteiger partial charge >= 0.3 is 0 Å². The topological polar surface area (TPSA) is 42.3 Å². The third-order valence-corrected chi connectivity index (χ3v) is 4.35. The van der Waals surface area contributed by atoms with E-state index in [0.717, 1.165) is 11.3 Å². The molecule has 0 fully saturated rings. The Bertz CT molecular complexity index is 1030. The van der Waals surface area contributed by atoms with Gasteiger partial charge in [-0.1, -0.05) is 24.3 Å². The van der Waals surface area contributed by atoms with Gasteiger partial charge in [0.05, 0.1) is 12.1 Å². The zero-order valence-electron chi connectivity index (χ0n) is 15.4. The van der Waals surface area contributed by atoms with Crippen molar-refractivity contribution in [2.24, 2.45) is 0 Å². The van der Waals surface area contributed by atoms with Gasteiger partial charge in [0, 0.05) is 24.5 Å².